The lowest BCUT2D eigenvalue weighted by atomic mass is 10.0. The number of ketones is 1. The minimum absolute atomic E-state index is 0.00717. The first-order valence-corrected chi connectivity index (χ1v) is 6.00. The summed E-state index contributed by atoms with van der Waals surface area (Å²) in [6, 6.07) is 4.14. The van der Waals surface area contributed by atoms with E-state index in [0.29, 0.717) is 11.1 Å². The van der Waals surface area contributed by atoms with Gasteiger partial charge in [-0.3, -0.25) is 19.7 Å². The van der Waals surface area contributed by atoms with Gasteiger partial charge in [0.25, 0.3) is 5.69 Å². The van der Waals surface area contributed by atoms with Crippen molar-refractivity contribution in [3.8, 4) is 0 Å². The molecule has 6 nitrogen and oxygen atoms in total. The van der Waals surface area contributed by atoms with Gasteiger partial charge < -0.3 is 4.74 Å². The number of hydrogen-bond donors (Lipinski definition) is 0. The molecule has 0 N–H and O–H groups in total. The van der Waals surface area contributed by atoms with Crippen LogP contribution in [-0.2, 0) is 9.53 Å². The van der Waals surface area contributed by atoms with E-state index in [0.717, 1.165) is 0 Å². The van der Waals surface area contributed by atoms with Crippen molar-refractivity contribution < 1.29 is 19.2 Å². The molecule has 0 amide bonds. The molecule has 0 saturated carbocycles. The number of nitro groups is 1. The third-order valence-corrected chi connectivity index (χ3v) is 2.63. The average Bonchev–Trinajstić information content (AvgIpc) is 2.41. The number of aryl methyl sites for hydroxylation is 1. The van der Waals surface area contributed by atoms with Crippen LogP contribution in [0.25, 0.3) is 0 Å². The summed E-state index contributed by atoms with van der Waals surface area (Å²) in [4.78, 5) is 33.3. The monoisotopic (exact) mass is 277 g/mol. The number of carbonyl (C=O) groups is 2. The normalized spacial score (nSPS) is 9.85. The topological polar surface area (TPSA) is 86.5 Å². The number of rotatable bonds is 7. The maximum atomic E-state index is 11.9. The summed E-state index contributed by atoms with van der Waals surface area (Å²) in [5, 5.41) is 10.7. The van der Waals surface area contributed by atoms with E-state index in [2.05, 4.69) is 6.58 Å². The molecule has 0 aromatic heterocycles. The van der Waals surface area contributed by atoms with Crippen LogP contribution in [0.2, 0.25) is 0 Å². The molecule has 1 rings (SSSR count). The predicted molar refractivity (Wildman–Crippen MR) is 72.6 cm³/mol. The van der Waals surface area contributed by atoms with Gasteiger partial charge >= 0.3 is 5.97 Å². The molecule has 0 radical (unpaired) electrons. The fraction of sp³-hybridized carbons (Fsp3) is 0.286. The molecule has 1 aromatic rings. The van der Waals surface area contributed by atoms with Crippen molar-refractivity contribution in [3.63, 3.8) is 0 Å². The Morgan fingerprint density at radius 3 is 2.65 bits per heavy atom. The van der Waals surface area contributed by atoms with E-state index in [-0.39, 0.29) is 30.9 Å². The van der Waals surface area contributed by atoms with Crippen LogP contribution in [0.3, 0.4) is 0 Å². The van der Waals surface area contributed by atoms with Gasteiger partial charge in [0.15, 0.2) is 5.78 Å². The summed E-state index contributed by atoms with van der Waals surface area (Å²) in [5.41, 5.74) is 0.728. The molecule has 0 spiro atoms. The molecule has 106 valence electrons. The van der Waals surface area contributed by atoms with Gasteiger partial charge in [0.05, 0.1) is 11.3 Å². The van der Waals surface area contributed by atoms with Gasteiger partial charge in [-0.05, 0) is 19.1 Å². The molecule has 0 atom stereocenters. The van der Waals surface area contributed by atoms with Gasteiger partial charge in [0, 0.05) is 23.6 Å². The first-order chi connectivity index (χ1) is 9.45. The van der Waals surface area contributed by atoms with E-state index in [1.807, 2.05) is 0 Å². The zero-order valence-electron chi connectivity index (χ0n) is 11.1. The van der Waals surface area contributed by atoms with Crippen molar-refractivity contribution in [2.45, 2.75) is 19.8 Å². The van der Waals surface area contributed by atoms with Crippen molar-refractivity contribution in [2.75, 3.05) is 6.61 Å². The molecule has 0 heterocycles. The van der Waals surface area contributed by atoms with Gasteiger partial charge in [0.2, 0.25) is 0 Å². The van der Waals surface area contributed by atoms with Crippen molar-refractivity contribution in [3.05, 3.63) is 52.1 Å². The lowest BCUT2D eigenvalue weighted by Gasteiger charge is -2.03. The predicted octanol–water partition coefficient (Wildman–Crippen LogP) is 2.60. The van der Waals surface area contributed by atoms with Crippen molar-refractivity contribution >= 4 is 17.4 Å². The van der Waals surface area contributed by atoms with E-state index < -0.39 is 10.9 Å². The Kier molecular flexibility index (Phi) is 5.58. The average molecular weight is 277 g/mol. The number of nitro benzene ring substituents is 1. The number of carbonyl (C=O) groups excluding carboxylic acids is 2. The smallest absolute Gasteiger partial charge is 0.306 e. The second-order valence-corrected chi connectivity index (χ2v) is 4.15. The summed E-state index contributed by atoms with van der Waals surface area (Å²) in [6.45, 7) is 5.09. The standard InChI is InChI=1S/C14H15NO5/c1-3-8-20-14(17)7-6-13(16)11-4-5-12(15(18)19)10(2)9-11/h3-5,9H,1,6-8H2,2H3. The zero-order valence-corrected chi connectivity index (χ0v) is 11.1. The quantitative estimate of drug-likeness (QED) is 0.251. The van der Waals surface area contributed by atoms with Gasteiger partial charge in [-0.15, -0.1) is 0 Å². The third-order valence-electron chi connectivity index (χ3n) is 2.63. The van der Waals surface area contributed by atoms with E-state index in [1.165, 1.54) is 24.3 Å². The molecular formula is C14H15NO5. The van der Waals surface area contributed by atoms with E-state index in [4.69, 9.17) is 4.74 Å². The summed E-state index contributed by atoms with van der Waals surface area (Å²) >= 11 is 0. The molecule has 0 fully saturated rings. The number of Topliss-reactive ketones (excluding diaryl/α,β-unsaturated/α-hetero) is 1. The van der Waals surface area contributed by atoms with Crippen molar-refractivity contribution in [1.29, 1.82) is 0 Å². The highest BCUT2D eigenvalue weighted by Crippen LogP contribution is 2.19. The number of hydrogen-bond acceptors (Lipinski definition) is 5. The second-order valence-electron chi connectivity index (χ2n) is 4.15. The Hall–Kier alpha value is -2.50. The largest absolute Gasteiger partial charge is 0.461 e. The molecule has 0 bridgehead atoms. The summed E-state index contributed by atoms with van der Waals surface area (Å²) in [7, 11) is 0. The number of benzene rings is 1. The van der Waals surface area contributed by atoms with Crippen molar-refractivity contribution in [2.24, 2.45) is 0 Å². The number of nitrogens with zero attached hydrogens (tertiary/aromatic N) is 1. The van der Waals surface area contributed by atoms with Crippen molar-refractivity contribution in [1.82, 2.24) is 0 Å². The molecule has 20 heavy (non-hydrogen) atoms. The molecule has 0 aliphatic heterocycles. The maximum Gasteiger partial charge on any atom is 0.306 e. The maximum absolute atomic E-state index is 11.9. The Balaban J connectivity index is 2.64. The van der Waals surface area contributed by atoms with Crippen LogP contribution in [0.1, 0.15) is 28.8 Å². The molecule has 0 aliphatic rings. The van der Waals surface area contributed by atoms with Crippen LogP contribution >= 0.6 is 0 Å². The Morgan fingerprint density at radius 1 is 1.40 bits per heavy atom. The summed E-state index contributed by atoms with van der Waals surface area (Å²) in [5.74, 6) is -0.726. The van der Waals surface area contributed by atoms with E-state index in [9.17, 15) is 19.7 Å². The molecule has 0 saturated heterocycles. The SMILES string of the molecule is C=CCOC(=O)CCC(=O)c1ccc([N+](=O)[O-])c(C)c1. The molecule has 0 unspecified atom stereocenters. The third kappa shape index (κ3) is 4.31. The Morgan fingerprint density at radius 2 is 2.10 bits per heavy atom. The Bertz CT molecular complexity index is 550. The minimum atomic E-state index is -0.504. The van der Waals surface area contributed by atoms with Crippen LogP contribution in [0.15, 0.2) is 30.9 Å². The van der Waals surface area contributed by atoms with Crippen LogP contribution in [0.4, 0.5) is 5.69 Å². The highest BCUT2D eigenvalue weighted by Gasteiger charge is 2.15. The van der Waals surface area contributed by atoms with Crippen LogP contribution in [0, 0.1) is 17.0 Å². The van der Waals surface area contributed by atoms with Crippen LogP contribution in [0.5, 0.6) is 0 Å². The van der Waals surface area contributed by atoms with Gasteiger partial charge in [-0.25, -0.2) is 0 Å². The van der Waals surface area contributed by atoms with Crippen LogP contribution < -0.4 is 0 Å². The van der Waals surface area contributed by atoms with Gasteiger partial charge in [0.1, 0.15) is 6.61 Å². The fourth-order valence-corrected chi connectivity index (χ4v) is 1.62. The highest BCUT2D eigenvalue weighted by atomic mass is 16.6. The van der Waals surface area contributed by atoms with Gasteiger partial charge in [-0.1, -0.05) is 12.7 Å². The molecule has 1 aromatic carbocycles. The lowest BCUT2D eigenvalue weighted by molar-refractivity contribution is -0.385. The minimum Gasteiger partial charge on any atom is -0.461 e. The number of esters is 1. The fourth-order valence-electron chi connectivity index (χ4n) is 1.62. The molecule has 6 heteroatoms. The summed E-state index contributed by atoms with van der Waals surface area (Å²) < 4.78 is 4.75. The molecule has 0 aliphatic carbocycles. The lowest BCUT2D eigenvalue weighted by Crippen LogP contribution is -2.08. The summed E-state index contributed by atoms with van der Waals surface area (Å²) in [6.07, 6.45) is 1.43. The first kappa shape index (κ1) is 15.6. The zero-order chi connectivity index (χ0) is 15.1. The first-order valence-electron chi connectivity index (χ1n) is 6.00. The van der Waals surface area contributed by atoms with E-state index in [1.54, 1.807) is 6.92 Å². The van der Waals surface area contributed by atoms with E-state index >= 15 is 0 Å². The Labute approximate surface area is 116 Å². The molecular weight excluding hydrogens is 262 g/mol. The highest BCUT2D eigenvalue weighted by molar-refractivity contribution is 5.98. The van der Waals surface area contributed by atoms with Gasteiger partial charge in [-0.2, -0.15) is 0 Å². The second kappa shape index (κ2) is 7.18. The number of ether oxygens (including phenoxy) is 1. The van der Waals surface area contributed by atoms with Crippen LogP contribution in [-0.4, -0.2) is 23.3 Å².